The van der Waals surface area contributed by atoms with Crippen LogP contribution in [-0.4, -0.2) is 66.1 Å². The monoisotopic (exact) mass is 664 g/mol. The van der Waals surface area contributed by atoms with E-state index in [9.17, 15) is 24.2 Å². The maximum Gasteiger partial charge on any atom is 0.491 e. The number of carbonyl (C=O) groups excluding carboxylic acids is 4. The molecule has 0 unspecified atom stereocenters. The molecule has 45 heavy (non-hydrogen) atoms. The van der Waals surface area contributed by atoms with Crippen LogP contribution in [0.3, 0.4) is 0 Å². The first-order valence-electron chi connectivity index (χ1n) is 15.2. The van der Waals surface area contributed by atoms with Crippen LogP contribution in [0.5, 0.6) is 5.75 Å². The molecule has 0 saturated heterocycles. The van der Waals surface area contributed by atoms with E-state index in [4.69, 9.17) is 46.8 Å². The zero-order valence-corrected chi connectivity index (χ0v) is 27.3. The van der Waals surface area contributed by atoms with E-state index in [0.29, 0.717) is 30.5 Å². The lowest BCUT2D eigenvalue weighted by molar-refractivity contribution is -0.211. The quantitative estimate of drug-likeness (QED) is 0.104. The Balaban J connectivity index is 1.51. The molecule has 0 radical (unpaired) electrons. The first kappa shape index (κ1) is 33.8. The molecule has 2 bridgehead atoms. The summed E-state index contributed by atoms with van der Waals surface area (Å²) >= 11 is 11.6. The standard InChI is InChI=1S/C32H39BCl2O10/c1-6-30(4)13-23(45-24(37)15-41-20-8-7-19-14-43-33(40)21(19)11-20)31(5)17(2)9-10-32(18(3)27(30)42-16-36)12-22(25(38)26(31)32)44-29(39)28(34)35/h6-8,11,16-18,22-23,26-28,40H,1,9-10,12-15H2,2-5H3/t17-,18+,22+,23-,26+,27+,30-,31+,32+/m1/s1. The molecular weight excluding hydrogens is 626 g/mol. The highest BCUT2D eigenvalue weighted by Crippen LogP contribution is 2.68. The van der Waals surface area contributed by atoms with E-state index >= 15 is 0 Å². The van der Waals surface area contributed by atoms with Crippen LogP contribution in [0.25, 0.3) is 0 Å². The molecule has 1 aliphatic heterocycles. The Morgan fingerprint density at radius 1 is 1.22 bits per heavy atom. The summed E-state index contributed by atoms with van der Waals surface area (Å²) in [4.78, 5) is 50.7. The minimum absolute atomic E-state index is 0.0791. The number of rotatable bonds is 9. The van der Waals surface area contributed by atoms with E-state index in [1.165, 1.54) is 0 Å². The largest absolute Gasteiger partial charge is 0.491 e. The van der Waals surface area contributed by atoms with E-state index in [2.05, 4.69) is 6.58 Å². The highest BCUT2D eigenvalue weighted by Gasteiger charge is 2.71. The fraction of sp³-hybridized carbons (Fsp3) is 0.625. The summed E-state index contributed by atoms with van der Waals surface area (Å²) in [6.07, 6.45) is 0.753. The molecule has 1 aromatic carbocycles. The first-order valence-corrected chi connectivity index (χ1v) is 16.1. The molecule has 244 valence electrons. The van der Waals surface area contributed by atoms with Crippen molar-refractivity contribution in [2.45, 2.75) is 83.1 Å². The minimum atomic E-state index is -1.46. The highest BCUT2D eigenvalue weighted by atomic mass is 35.5. The van der Waals surface area contributed by atoms with Crippen molar-refractivity contribution in [1.29, 1.82) is 0 Å². The van der Waals surface area contributed by atoms with Gasteiger partial charge in [-0.25, -0.2) is 9.59 Å². The van der Waals surface area contributed by atoms with Crippen LogP contribution in [0.4, 0.5) is 0 Å². The molecule has 4 aliphatic rings. The second-order valence-electron chi connectivity index (χ2n) is 13.5. The second kappa shape index (κ2) is 12.5. The van der Waals surface area contributed by atoms with Gasteiger partial charge >= 0.3 is 19.1 Å². The van der Waals surface area contributed by atoms with Crippen LogP contribution in [0.1, 0.15) is 58.9 Å². The number of fused-ring (bicyclic) bond motifs is 1. The number of hydrogen-bond acceptors (Lipinski definition) is 10. The topological polar surface area (TPSA) is 135 Å². The van der Waals surface area contributed by atoms with Gasteiger partial charge < -0.3 is 28.6 Å². The van der Waals surface area contributed by atoms with Crippen molar-refractivity contribution in [3.8, 4) is 5.75 Å². The molecule has 0 spiro atoms. The lowest BCUT2D eigenvalue weighted by Crippen LogP contribution is -2.63. The molecule has 10 nitrogen and oxygen atoms in total. The third-order valence-corrected chi connectivity index (χ3v) is 11.7. The third kappa shape index (κ3) is 5.68. The van der Waals surface area contributed by atoms with Gasteiger partial charge in [-0.05, 0) is 60.2 Å². The molecule has 0 aromatic heterocycles. The number of carbonyl (C=O) groups is 4. The van der Waals surface area contributed by atoms with Gasteiger partial charge in [-0.2, -0.15) is 0 Å². The van der Waals surface area contributed by atoms with Crippen LogP contribution in [0.2, 0.25) is 0 Å². The van der Waals surface area contributed by atoms with Gasteiger partial charge in [0.15, 0.2) is 18.5 Å². The molecule has 13 heteroatoms. The van der Waals surface area contributed by atoms with Gasteiger partial charge in [0.25, 0.3) is 6.47 Å². The fourth-order valence-electron chi connectivity index (χ4n) is 8.68. The van der Waals surface area contributed by atoms with Crippen molar-refractivity contribution in [2.24, 2.45) is 34.0 Å². The number of esters is 2. The average molecular weight is 665 g/mol. The third-order valence-electron chi connectivity index (χ3n) is 11.3. The van der Waals surface area contributed by atoms with Crippen LogP contribution >= 0.6 is 23.2 Å². The Labute approximate surface area is 273 Å². The molecule has 1 heterocycles. The second-order valence-corrected chi connectivity index (χ2v) is 14.5. The van der Waals surface area contributed by atoms with Gasteiger partial charge in [-0.15, -0.1) is 6.58 Å². The van der Waals surface area contributed by atoms with Crippen LogP contribution in [-0.2, 0) is 44.6 Å². The van der Waals surface area contributed by atoms with Crippen molar-refractivity contribution in [2.75, 3.05) is 6.61 Å². The summed E-state index contributed by atoms with van der Waals surface area (Å²) in [6, 6.07) is 5.07. The van der Waals surface area contributed by atoms with Gasteiger partial charge in [0, 0.05) is 22.7 Å². The summed E-state index contributed by atoms with van der Waals surface area (Å²) in [7, 11) is -1.06. The normalized spacial score (nSPS) is 37.2. The Morgan fingerprint density at radius 3 is 2.62 bits per heavy atom. The summed E-state index contributed by atoms with van der Waals surface area (Å²) in [5, 5.41) is 10.0. The number of ether oxygens (including phenoxy) is 4. The molecule has 1 N–H and O–H groups in total. The number of alkyl halides is 2. The maximum absolute atomic E-state index is 14.3. The molecule has 0 amide bonds. The lowest BCUT2D eigenvalue weighted by atomic mass is 9.44. The van der Waals surface area contributed by atoms with E-state index < -0.39 is 71.0 Å². The van der Waals surface area contributed by atoms with Gasteiger partial charge in [0.2, 0.25) is 4.84 Å². The van der Waals surface area contributed by atoms with Crippen molar-refractivity contribution >= 4 is 60.0 Å². The molecule has 3 fully saturated rings. The zero-order valence-electron chi connectivity index (χ0n) is 25.8. The molecular formula is C32H39BCl2O10. The average Bonchev–Trinajstić information content (AvgIpc) is 3.52. The van der Waals surface area contributed by atoms with Crippen molar-refractivity contribution < 1.29 is 47.8 Å². The predicted octanol–water partition coefficient (Wildman–Crippen LogP) is 3.70. The molecule has 9 atom stereocenters. The molecule has 5 rings (SSSR count). The highest BCUT2D eigenvalue weighted by molar-refractivity contribution is 6.61. The Kier molecular flexibility index (Phi) is 9.41. The van der Waals surface area contributed by atoms with Crippen molar-refractivity contribution in [3.05, 3.63) is 36.4 Å². The van der Waals surface area contributed by atoms with Crippen LogP contribution < -0.4 is 10.2 Å². The van der Waals surface area contributed by atoms with Gasteiger partial charge in [-0.1, -0.05) is 63.0 Å². The molecule has 3 aliphatic carbocycles. The number of benzene rings is 1. The summed E-state index contributed by atoms with van der Waals surface area (Å²) in [5.41, 5.74) is -1.11. The number of halogens is 2. The summed E-state index contributed by atoms with van der Waals surface area (Å²) < 4.78 is 28.6. The Hall–Kier alpha value is -2.60. The Morgan fingerprint density at radius 2 is 1.96 bits per heavy atom. The minimum Gasteiger partial charge on any atom is -0.482 e. The van der Waals surface area contributed by atoms with E-state index in [-0.39, 0.29) is 37.1 Å². The van der Waals surface area contributed by atoms with Crippen LogP contribution in [0, 0.1) is 34.0 Å². The molecule has 1 aromatic rings. The molecule has 3 saturated carbocycles. The van der Waals surface area contributed by atoms with Crippen LogP contribution in [0.15, 0.2) is 30.9 Å². The van der Waals surface area contributed by atoms with Gasteiger partial charge in [-0.3, -0.25) is 9.59 Å². The van der Waals surface area contributed by atoms with Gasteiger partial charge in [0.05, 0.1) is 6.61 Å². The lowest BCUT2D eigenvalue weighted by Gasteiger charge is -2.61. The number of ketones is 1. The fourth-order valence-corrected chi connectivity index (χ4v) is 8.79. The number of Topliss-reactive ketones (excluding diaryl/α,β-unsaturated/α-hetero) is 1. The Bertz CT molecular complexity index is 1370. The van der Waals surface area contributed by atoms with E-state index in [1.54, 1.807) is 24.3 Å². The van der Waals surface area contributed by atoms with Gasteiger partial charge in [0.1, 0.15) is 18.0 Å². The predicted molar refractivity (Wildman–Crippen MR) is 165 cm³/mol. The van der Waals surface area contributed by atoms with Crippen molar-refractivity contribution in [1.82, 2.24) is 0 Å². The summed E-state index contributed by atoms with van der Waals surface area (Å²) in [5.74, 6) is -2.63. The van der Waals surface area contributed by atoms with Crippen molar-refractivity contribution in [3.63, 3.8) is 0 Å². The SMILES string of the molecule is C=C[C@]1(C)C[C@@H](OC(=O)COc2ccc3c(c2)B(O)OC3)[C@]2(C)[C@H](C)CC[C@]3(C[C@H](OC(=O)C(Cl)Cl)C(=O)[C@H]32)[C@@H](C)[C@@H]1OC=O. The number of hydrogen-bond donors (Lipinski definition) is 1. The smallest absolute Gasteiger partial charge is 0.482 e. The van der Waals surface area contributed by atoms with E-state index in [0.717, 1.165) is 5.56 Å². The maximum atomic E-state index is 14.3. The van der Waals surface area contributed by atoms with E-state index in [1.807, 2.05) is 27.7 Å². The zero-order chi connectivity index (χ0) is 32.9. The summed E-state index contributed by atoms with van der Waals surface area (Å²) in [6.45, 7) is 12.2. The first-order chi connectivity index (χ1) is 21.2.